The van der Waals surface area contributed by atoms with Gasteiger partial charge >= 0.3 is 0 Å². The molecule has 1 amide bonds. The zero-order chi connectivity index (χ0) is 17.1. The van der Waals surface area contributed by atoms with E-state index < -0.39 is 0 Å². The largest absolute Gasteiger partial charge is 0.360 e. The van der Waals surface area contributed by atoms with Crippen molar-refractivity contribution in [1.82, 2.24) is 15.5 Å². The van der Waals surface area contributed by atoms with Crippen LogP contribution in [-0.2, 0) is 6.42 Å². The van der Waals surface area contributed by atoms with Crippen molar-refractivity contribution < 1.29 is 9.32 Å². The summed E-state index contributed by atoms with van der Waals surface area (Å²) >= 11 is 7.81. The third-order valence-corrected chi connectivity index (χ3v) is 4.70. The Morgan fingerprint density at radius 3 is 2.83 bits per heavy atom. The summed E-state index contributed by atoms with van der Waals surface area (Å²) in [6, 6.07) is 7.24. The fraction of sp³-hybridized carbons (Fsp3) is 0.235. The first kappa shape index (κ1) is 16.7. The van der Waals surface area contributed by atoms with Gasteiger partial charge in [0, 0.05) is 23.9 Å². The number of rotatable bonds is 5. The number of nitrogens with one attached hydrogen (secondary N) is 1. The van der Waals surface area contributed by atoms with Gasteiger partial charge in [-0.05, 0) is 19.9 Å². The molecule has 7 heteroatoms. The monoisotopic (exact) mass is 361 g/mol. The van der Waals surface area contributed by atoms with Crippen molar-refractivity contribution in [3.8, 4) is 11.3 Å². The van der Waals surface area contributed by atoms with Crippen molar-refractivity contribution in [1.29, 1.82) is 0 Å². The summed E-state index contributed by atoms with van der Waals surface area (Å²) in [5.41, 5.74) is 2.53. The predicted octanol–water partition coefficient (Wildman–Crippen LogP) is 4.04. The molecule has 0 atom stereocenters. The summed E-state index contributed by atoms with van der Waals surface area (Å²) in [5, 5.41) is 10.4. The number of halogens is 1. The Bertz CT molecular complexity index is 872. The number of thiazole rings is 1. The van der Waals surface area contributed by atoms with Crippen LogP contribution >= 0.6 is 22.9 Å². The molecule has 24 heavy (non-hydrogen) atoms. The number of hydrogen-bond acceptors (Lipinski definition) is 5. The van der Waals surface area contributed by atoms with Crippen LogP contribution in [0.2, 0.25) is 5.02 Å². The second kappa shape index (κ2) is 7.15. The Morgan fingerprint density at radius 2 is 2.12 bits per heavy atom. The third kappa shape index (κ3) is 3.49. The van der Waals surface area contributed by atoms with Crippen LogP contribution < -0.4 is 5.32 Å². The Hall–Kier alpha value is -2.18. The maximum Gasteiger partial charge on any atom is 0.257 e. The molecule has 0 bridgehead atoms. The third-order valence-electron chi connectivity index (χ3n) is 3.55. The van der Waals surface area contributed by atoms with Gasteiger partial charge in [-0.3, -0.25) is 4.79 Å². The standard InChI is InChI=1S/C17H16ClN3O2S/c1-10-15(16(21-23-10)13-5-3-4-6-14(13)18)17(22)19-8-7-12-9-24-11(2)20-12/h3-6,9H,7-8H2,1-2H3,(H,19,22). The zero-order valence-electron chi connectivity index (χ0n) is 13.3. The Kier molecular flexibility index (Phi) is 4.97. The molecule has 124 valence electrons. The molecule has 0 aliphatic carbocycles. The van der Waals surface area contributed by atoms with E-state index in [2.05, 4.69) is 15.5 Å². The molecule has 1 N–H and O–H groups in total. The summed E-state index contributed by atoms with van der Waals surface area (Å²) in [6.07, 6.45) is 0.682. The van der Waals surface area contributed by atoms with Crippen molar-refractivity contribution in [3.05, 3.63) is 56.7 Å². The van der Waals surface area contributed by atoms with Crippen LogP contribution in [0.1, 0.15) is 26.8 Å². The lowest BCUT2D eigenvalue weighted by Crippen LogP contribution is -2.26. The van der Waals surface area contributed by atoms with E-state index in [4.69, 9.17) is 16.1 Å². The number of carbonyl (C=O) groups is 1. The molecule has 2 aromatic heterocycles. The Labute approximate surface area is 148 Å². The van der Waals surface area contributed by atoms with Crippen molar-refractivity contribution in [2.24, 2.45) is 0 Å². The number of hydrogen-bond donors (Lipinski definition) is 1. The van der Waals surface area contributed by atoms with E-state index >= 15 is 0 Å². The summed E-state index contributed by atoms with van der Waals surface area (Å²) in [4.78, 5) is 16.9. The second-order valence-electron chi connectivity index (χ2n) is 5.31. The van der Waals surface area contributed by atoms with Crippen molar-refractivity contribution in [2.75, 3.05) is 6.54 Å². The van der Waals surface area contributed by atoms with Crippen LogP contribution in [0.4, 0.5) is 0 Å². The molecule has 0 aliphatic heterocycles. The molecule has 1 aromatic carbocycles. The highest BCUT2D eigenvalue weighted by molar-refractivity contribution is 7.09. The predicted molar refractivity (Wildman–Crippen MR) is 94.6 cm³/mol. The van der Waals surface area contributed by atoms with Crippen molar-refractivity contribution in [2.45, 2.75) is 20.3 Å². The summed E-state index contributed by atoms with van der Waals surface area (Å²) < 4.78 is 5.21. The first-order chi connectivity index (χ1) is 11.6. The topological polar surface area (TPSA) is 68.0 Å². The smallest absolute Gasteiger partial charge is 0.257 e. The highest BCUT2D eigenvalue weighted by Crippen LogP contribution is 2.30. The molecular formula is C17H16ClN3O2S. The van der Waals surface area contributed by atoms with Gasteiger partial charge in [0.1, 0.15) is 17.0 Å². The molecule has 3 aromatic rings. The van der Waals surface area contributed by atoms with Gasteiger partial charge in [-0.2, -0.15) is 0 Å². The molecule has 0 saturated carbocycles. The van der Waals surface area contributed by atoms with E-state index in [1.165, 1.54) is 0 Å². The Morgan fingerprint density at radius 1 is 1.33 bits per heavy atom. The van der Waals surface area contributed by atoms with Gasteiger partial charge in [0.2, 0.25) is 0 Å². The average Bonchev–Trinajstić information content (AvgIpc) is 3.13. The van der Waals surface area contributed by atoms with Crippen molar-refractivity contribution in [3.63, 3.8) is 0 Å². The van der Waals surface area contributed by atoms with Crippen LogP contribution in [0.25, 0.3) is 11.3 Å². The van der Waals surface area contributed by atoms with Gasteiger partial charge in [-0.15, -0.1) is 11.3 Å². The fourth-order valence-electron chi connectivity index (χ4n) is 2.39. The van der Waals surface area contributed by atoms with Crippen LogP contribution in [0.3, 0.4) is 0 Å². The van der Waals surface area contributed by atoms with E-state index in [0.29, 0.717) is 40.6 Å². The lowest BCUT2D eigenvalue weighted by molar-refractivity contribution is 0.0953. The lowest BCUT2D eigenvalue weighted by atomic mass is 10.1. The second-order valence-corrected chi connectivity index (χ2v) is 6.78. The average molecular weight is 362 g/mol. The Balaban J connectivity index is 1.75. The van der Waals surface area contributed by atoms with E-state index in [-0.39, 0.29) is 5.91 Å². The van der Waals surface area contributed by atoms with Gasteiger partial charge in [0.25, 0.3) is 5.91 Å². The minimum atomic E-state index is -0.226. The van der Waals surface area contributed by atoms with Gasteiger partial charge in [-0.25, -0.2) is 4.98 Å². The molecule has 0 saturated heterocycles. The maximum atomic E-state index is 12.6. The summed E-state index contributed by atoms with van der Waals surface area (Å²) in [7, 11) is 0. The first-order valence-electron chi connectivity index (χ1n) is 7.46. The van der Waals surface area contributed by atoms with Crippen LogP contribution in [0.5, 0.6) is 0 Å². The zero-order valence-corrected chi connectivity index (χ0v) is 14.9. The molecule has 0 aliphatic rings. The molecule has 0 spiro atoms. The molecule has 0 radical (unpaired) electrons. The van der Waals surface area contributed by atoms with Crippen LogP contribution in [0.15, 0.2) is 34.2 Å². The van der Waals surface area contributed by atoms with Crippen molar-refractivity contribution >= 4 is 28.8 Å². The first-order valence-corrected chi connectivity index (χ1v) is 8.72. The number of amides is 1. The SMILES string of the molecule is Cc1nc(CCNC(=O)c2c(-c3ccccc3Cl)noc2C)cs1. The molecule has 0 fully saturated rings. The number of aryl methyl sites for hydroxylation is 2. The van der Waals surface area contributed by atoms with E-state index in [1.807, 2.05) is 30.5 Å². The van der Waals surface area contributed by atoms with Gasteiger partial charge in [-0.1, -0.05) is 35.0 Å². The van der Waals surface area contributed by atoms with Crippen LogP contribution in [0, 0.1) is 13.8 Å². The maximum absolute atomic E-state index is 12.6. The summed E-state index contributed by atoms with van der Waals surface area (Å²) in [5.74, 6) is 0.238. The highest BCUT2D eigenvalue weighted by Gasteiger charge is 2.22. The van der Waals surface area contributed by atoms with Crippen LogP contribution in [-0.4, -0.2) is 22.6 Å². The van der Waals surface area contributed by atoms with Gasteiger partial charge in [0.05, 0.1) is 15.7 Å². The molecule has 0 unspecified atom stereocenters. The van der Waals surface area contributed by atoms with Gasteiger partial charge < -0.3 is 9.84 Å². The molecule has 5 nitrogen and oxygen atoms in total. The number of benzene rings is 1. The summed E-state index contributed by atoms with van der Waals surface area (Å²) in [6.45, 7) is 4.17. The van der Waals surface area contributed by atoms with Gasteiger partial charge in [0.15, 0.2) is 0 Å². The van der Waals surface area contributed by atoms with E-state index in [1.54, 1.807) is 24.3 Å². The minimum Gasteiger partial charge on any atom is -0.360 e. The molecular weight excluding hydrogens is 346 g/mol. The quantitative estimate of drug-likeness (QED) is 0.744. The van der Waals surface area contributed by atoms with E-state index in [9.17, 15) is 4.79 Å². The number of carbonyl (C=O) groups excluding carboxylic acids is 1. The number of aromatic nitrogens is 2. The molecule has 2 heterocycles. The minimum absolute atomic E-state index is 0.226. The molecule has 3 rings (SSSR count). The lowest BCUT2D eigenvalue weighted by Gasteiger charge is -2.06. The normalized spacial score (nSPS) is 10.8. The highest BCUT2D eigenvalue weighted by atomic mass is 35.5. The fourth-order valence-corrected chi connectivity index (χ4v) is 3.26. The number of nitrogens with zero attached hydrogens (tertiary/aromatic N) is 2. The van der Waals surface area contributed by atoms with E-state index in [0.717, 1.165) is 10.7 Å².